The van der Waals surface area contributed by atoms with E-state index in [-0.39, 0.29) is 10.6 Å². The van der Waals surface area contributed by atoms with Crippen molar-refractivity contribution in [1.29, 1.82) is 0 Å². The Morgan fingerprint density at radius 2 is 2.11 bits per heavy atom. The maximum Gasteiger partial charge on any atom is 0.283 e. The molecule has 0 saturated carbocycles. The third-order valence-electron chi connectivity index (χ3n) is 3.37. The second kappa shape index (κ2) is 6.85. The Hall–Kier alpha value is -0.940. The maximum atomic E-state index is 10.8. The van der Waals surface area contributed by atoms with Gasteiger partial charge in [0.25, 0.3) is 5.69 Å². The van der Waals surface area contributed by atoms with Crippen LogP contribution in [0.3, 0.4) is 0 Å². The third-order valence-corrected chi connectivity index (χ3v) is 4.28. The Morgan fingerprint density at radius 3 is 2.67 bits per heavy atom. The normalized spacial score (nSPS) is 14.2. The highest BCUT2D eigenvalue weighted by Crippen LogP contribution is 2.28. The van der Waals surface area contributed by atoms with Crippen molar-refractivity contribution in [3.8, 4) is 0 Å². The van der Waals surface area contributed by atoms with Gasteiger partial charge in [-0.25, -0.2) is 0 Å². The van der Waals surface area contributed by atoms with E-state index in [1.165, 1.54) is 6.07 Å². The fourth-order valence-electron chi connectivity index (χ4n) is 1.67. The molecule has 0 aliphatic heterocycles. The van der Waals surface area contributed by atoms with E-state index in [9.17, 15) is 10.1 Å². The Bertz CT molecular complexity index is 423. The quantitative estimate of drug-likeness (QED) is 0.640. The van der Waals surface area contributed by atoms with Crippen molar-refractivity contribution in [3.05, 3.63) is 38.3 Å². The zero-order valence-corrected chi connectivity index (χ0v) is 12.5. The molecule has 1 N–H and O–H groups in total. The van der Waals surface area contributed by atoms with Crippen LogP contribution in [0.4, 0.5) is 5.69 Å². The van der Waals surface area contributed by atoms with Gasteiger partial charge in [0.1, 0.15) is 0 Å². The number of rotatable bonds is 6. The van der Waals surface area contributed by atoms with Gasteiger partial charge in [0.05, 0.1) is 9.40 Å². The van der Waals surface area contributed by atoms with E-state index in [4.69, 9.17) is 0 Å². The minimum Gasteiger partial charge on any atom is -0.310 e. The standard InChI is InChI=1S/C13H19BrN2O2/c1-4-9(2)10(3)15-8-11-6-5-7-12(13(11)14)16(17)18/h5-7,9-10,15H,4,8H2,1-3H3. The average molecular weight is 315 g/mol. The summed E-state index contributed by atoms with van der Waals surface area (Å²) in [6.45, 7) is 7.12. The van der Waals surface area contributed by atoms with Crippen molar-refractivity contribution >= 4 is 21.6 Å². The van der Waals surface area contributed by atoms with Gasteiger partial charge in [0.2, 0.25) is 0 Å². The summed E-state index contributed by atoms with van der Waals surface area (Å²) in [4.78, 5) is 10.5. The van der Waals surface area contributed by atoms with E-state index >= 15 is 0 Å². The first-order chi connectivity index (χ1) is 8.47. The fourth-order valence-corrected chi connectivity index (χ4v) is 2.22. The molecular weight excluding hydrogens is 296 g/mol. The smallest absolute Gasteiger partial charge is 0.283 e. The molecule has 2 atom stereocenters. The molecule has 5 heteroatoms. The molecule has 0 heterocycles. The van der Waals surface area contributed by atoms with Gasteiger partial charge in [-0.3, -0.25) is 10.1 Å². The second-order valence-electron chi connectivity index (χ2n) is 4.56. The summed E-state index contributed by atoms with van der Waals surface area (Å²) >= 11 is 3.30. The molecule has 0 aliphatic carbocycles. The molecule has 0 fully saturated rings. The lowest BCUT2D eigenvalue weighted by molar-refractivity contribution is -0.385. The summed E-state index contributed by atoms with van der Waals surface area (Å²) in [5.41, 5.74) is 1.03. The molecule has 1 rings (SSSR count). The first-order valence-corrected chi connectivity index (χ1v) is 6.91. The van der Waals surface area contributed by atoms with Gasteiger partial charge in [-0.05, 0) is 34.3 Å². The van der Waals surface area contributed by atoms with Crippen molar-refractivity contribution in [2.45, 2.75) is 39.8 Å². The van der Waals surface area contributed by atoms with Gasteiger partial charge in [0.15, 0.2) is 0 Å². The van der Waals surface area contributed by atoms with Crippen molar-refractivity contribution in [2.75, 3.05) is 0 Å². The lowest BCUT2D eigenvalue weighted by atomic mass is 10.0. The zero-order valence-electron chi connectivity index (χ0n) is 10.9. The molecule has 0 saturated heterocycles. The monoisotopic (exact) mass is 314 g/mol. The molecule has 0 amide bonds. The maximum absolute atomic E-state index is 10.8. The number of nitrogens with one attached hydrogen (secondary N) is 1. The van der Waals surface area contributed by atoms with Gasteiger partial charge in [0, 0.05) is 18.7 Å². The molecule has 18 heavy (non-hydrogen) atoms. The predicted molar refractivity (Wildman–Crippen MR) is 76.6 cm³/mol. The second-order valence-corrected chi connectivity index (χ2v) is 5.36. The van der Waals surface area contributed by atoms with Crippen molar-refractivity contribution in [3.63, 3.8) is 0 Å². The van der Waals surface area contributed by atoms with E-state index in [1.807, 2.05) is 6.07 Å². The lowest BCUT2D eigenvalue weighted by Gasteiger charge is -2.20. The molecular formula is C13H19BrN2O2. The van der Waals surface area contributed by atoms with Crippen molar-refractivity contribution in [1.82, 2.24) is 5.32 Å². The highest BCUT2D eigenvalue weighted by Gasteiger charge is 2.16. The average Bonchev–Trinajstić information content (AvgIpc) is 2.35. The summed E-state index contributed by atoms with van der Waals surface area (Å²) < 4.78 is 0.568. The van der Waals surface area contributed by atoms with E-state index < -0.39 is 0 Å². The van der Waals surface area contributed by atoms with E-state index in [0.717, 1.165) is 12.0 Å². The summed E-state index contributed by atoms with van der Waals surface area (Å²) in [6, 6.07) is 5.51. The van der Waals surface area contributed by atoms with Crippen LogP contribution in [0, 0.1) is 16.0 Å². The minimum atomic E-state index is -0.369. The molecule has 0 aromatic heterocycles. The molecule has 100 valence electrons. The molecule has 0 bridgehead atoms. The summed E-state index contributed by atoms with van der Waals surface area (Å²) in [5, 5.41) is 14.2. The lowest BCUT2D eigenvalue weighted by Crippen LogP contribution is -2.31. The predicted octanol–water partition coefficient (Wildman–Crippen LogP) is 3.88. The zero-order chi connectivity index (χ0) is 13.7. The highest BCUT2D eigenvalue weighted by atomic mass is 79.9. The van der Waals surface area contributed by atoms with Crippen LogP contribution in [0.5, 0.6) is 0 Å². The number of nitro groups is 1. The number of hydrogen-bond donors (Lipinski definition) is 1. The van der Waals surface area contributed by atoms with Crippen LogP contribution < -0.4 is 5.32 Å². The van der Waals surface area contributed by atoms with E-state index in [1.54, 1.807) is 6.07 Å². The number of nitrogens with zero attached hydrogens (tertiary/aromatic N) is 1. The van der Waals surface area contributed by atoms with Gasteiger partial charge in [-0.1, -0.05) is 32.4 Å². The summed E-state index contributed by atoms with van der Waals surface area (Å²) in [5.74, 6) is 0.586. The van der Waals surface area contributed by atoms with Gasteiger partial charge in [-0.2, -0.15) is 0 Å². The molecule has 0 radical (unpaired) electrons. The Labute approximate surface area is 116 Å². The Kier molecular flexibility index (Phi) is 5.75. The number of benzene rings is 1. The van der Waals surface area contributed by atoms with Gasteiger partial charge >= 0.3 is 0 Å². The number of hydrogen-bond acceptors (Lipinski definition) is 3. The minimum absolute atomic E-state index is 0.116. The summed E-state index contributed by atoms with van der Waals surface area (Å²) in [6.07, 6.45) is 1.12. The van der Waals surface area contributed by atoms with Crippen LogP contribution in [0.2, 0.25) is 0 Å². The van der Waals surface area contributed by atoms with E-state index in [2.05, 4.69) is 42.0 Å². The SMILES string of the molecule is CCC(C)C(C)NCc1cccc([N+](=O)[O-])c1Br. The highest BCUT2D eigenvalue weighted by molar-refractivity contribution is 9.10. The van der Waals surface area contributed by atoms with Gasteiger partial charge in [-0.15, -0.1) is 0 Å². The third kappa shape index (κ3) is 3.78. The van der Waals surface area contributed by atoms with Crippen LogP contribution >= 0.6 is 15.9 Å². The molecule has 4 nitrogen and oxygen atoms in total. The van der Waals surface area contributed by atoms with Crippen LogP contribution in [0.15, 0.2) is 22.7 Å². The largest absolute Gasteiger partial charge is 0.310 e. The van der Waals surface area contributed by atoms with E-state index in [0.29, 0.717) is 23.0 Å². The summed E-state index contributed by atoms with van der Waals surface area (Å²) in [7, 11) is 0. The van der Waals surface area contributed by atoms with Crippen LogP contribution in [-0.4, -0.2) is 11.0 Å². The molecule has 1 aromatic rings. The van der Waals surface area contributed by atoms with Crippen molar-refractivity contribution < 1.29 is 4.92 Å². The Morgan fingerprint density at radius 1 is 1.44 bits per heavy atom. The number of nitro benzene ring substituents is 1. The molecule has 0 aliphatic rings. The first kappa shape index (κ1) is 15.1. The molecule has 1 aromatic carbocycles. The van der Waals surface area contributed by atoms with Crippen LogP contribution in [0.25, 0.3) is 0 Å². The molecule has 2 unspecified atom stereocenters. The number of halogens is 1. The fraction of sp³-hybridized carbons (Fsp3) is 0.538. The first-order valence-electron chi connectivity index (χ1n) is 6.12. The molecule has 0 spiro atoms. The topological polar surface area (TPSA) is 55.2 Å². The Balaban J connectivity index is 2.74. The van der Waals surface area contributed by atoms with Gasteiger partial charge < -0.3 is 5.32 Å². The van der Waals surface area contributed by atoms with Crippen molar-refractivity contribution in [2.24, 2.45) is 5.92 Å². The van der Waals surface area contributed by atoms with Crippen LogP contribution in [-0.2, 0) is 6.54 Å². The van der Waals surface area contributed by atoms with Crippen LogP contribution in [0.1, 0.15) is 32.8 Å².